The molecule has 0 spiro atoms. The van der Waals surface area contributed by atoms with Gasteiger partial charge in [-0.25, -0.2) is 8.78 Å². The van der Waals surface area contributed by atoms with E-state index >= 15 is 0 Å². The number of carbonyl (C=O) groups excluding carboxylic acids is 1. The Labute approximate surface area is 139 Å². The minimum absolute atomic E-state index is 0.00923. The summed E-state index contributed by atoms with van der Waals surface area (Å²) in [5.74, 6) is -1.16. The van der Waals surface area contributed by atoms with Crippen LogP contribution in [-0.2, 0) is 11.3 Å². The van der Waals surface area contributed by atoms with Crippen LogP contribution in [0.4, 0.5) is 14.5 Å². The molecule has 1 aromatic carbocycles. The van der Waals surface area contributed by atoms with Gasteiger partial charge in [-0.15, -0.1) is 0 Å². The molecule has 0 atom stereocenters. The van der Waals surface area contributed by atoms with E-state index in [4.69, 9.17) is 0 Å². The van der Waals surface area contributed by atoms with Crippen LogP contribution in [0.5, 0.6) is 0 Å². The SMILES string of the molecule is O=C(CN1CCC(Cn2cccn2)CC1)Nc1ccc(F)cc1F. The molecule has 1 aliphatic rings. The van der Waals surface area contributed by atoms with E-state index in [-0.39, 0.29) is 18.1 Å². The van der Waals surface area contributed by atoms with Crippen molar-refractivity contribution in [2.75, 3.05) is 25.0 Å². The Bertz CT molecular complexity index is 682. The molecule has 1 fully saturated rings. The summed E-state index contributed by atoms with van der Waals surface area (Å²) >= 11 is 0. The Morgan fingerprint density at radius 1 is 1.29 bits per heavy atom. The van der Waals surface area contributed by atoms with Gasteiger partial charge in [-0.05, 0) is 50.0 Å². The lowest BCUT2D eigenvalue weighted by atomic mass is 9.97. The minimum atomic E-state index is -0.763. The van der Waals surface area contributed by atoms with E-state index < -0.39 is 11.6 Å². The number of hydrogen-bond donors (Lipinski definition) is 1. The van der Waals surface area contributed by atoms with Gasteiger partial charge in [-0.3, -0.25) is 14.4 Å². The number of rotatable bonds is 5. The minimum Gasteiger partial charge on any atom is -0.322 e. The number of halogens is 2. The molecule has 1 aromatic heterocycles. The number of amides is 1. The van der Waals surface area contributed by atoms with Crippen molar-refractivity contribution in [1.29, 1.82) is 0 Å². The smallest absolute Gasteiger partial charge is 0.238 e. The molecule has 0 radical (unpaired) electrons. The van der Waals surface area contributed by atoms with Crippen molar-refractivity contribution < 1.29 is 13.6 Å². The molecular weight excluding hydrogens is 314 g/mol. The molecule has 0 unspecified atom stereocenters. The first kappa shape index (κ1) is 16.6. The second kappa shape index (κ2) is 7.53. The molecule has 3 rings (SSSR count). The largest absolute Gasteiger partial charge is 0.322 e. The third-order valence-corrected chi connectivity index (χ3v) is 4.28. The van der Waals surface area contributed by atoms with Crippen LogP contribution in [0.2, 0.25) is 0 Å². The molecule has 1 aliphatic heterocycles. The van der Waals surface area contributed by atoms with E-state index in [0.29, 0.717) is 5.92 Å². The van der Waals surface area contributed by atoms with E-state index in [2.05, 4.69) is 15.3 Å². The summed E-state index contributed by atoms with van der Waals surface area (Å²) in [4.78, 5) is 14.1. The number of anilines is 1. The molecule has 0 aliphatic carbocycles. The Balaban J connectivity index is 1.44. The molecule has 7 heteroatoms. The molecule has 0 saturated carbocycles. The zero-order chi connectivity index (χ0) is 16.9. The lowest BCUT2D eigenvalue weighted by Crippen LogP contribution is -2.40. The van der Waals surface area contributed by atoms with Crippen LogP contribution in [0.3, 0.4) is 0 Å². The first-order valence-electron chi connectivity index (χ1n) is 8.05. The standard InChI is InChI=1S/C17H20F2N4O/c18-14-2-3-16(15(19)10-14)21-17(24)12-22-8-4-13(5-9-22)11-23-7-1-6-20-23/h1-3,6-7,10,13H,4-5,8-9,11-12H2,(H,21,24). The normalized spacial score (nSPS) is 16.2. The fourth-order valence-electron chi connectivity index (χ4n) is 2.98. The number of piperidine rings is 1. The Hall–Kier alpha value is -2.28. The molecule has 5 nitrogen and oxygen atoms in total. The van der Waals surface area contributed by atoms with Crippen LogP contribution in [0.1, 0.15) is 12.8 Å². The van der Waals surface area contributed by atoms with Gasteiger partial charge in [0, 0.05) is 25.0 Å². The third-order valence-electron chi connectivity index (χ3n) is 4.28. The average Bonchev–Trinajstić information content (AvgIpc) is 3.05. The van der Waals surface area contributed by atoms with Crippen molar-refractivity contribution in [1.82, 2.24) is 14.7 Å². The Kier molecular flexibility index (Phi) is 5.20. The Morgan fingerprint density at radius 2 is 2.08 bits per heavy atom. The van der Waals surface area contributed by atoms with E-state index in [0.717, 1.165) is 44.6 Å². The fraction of sp³-hybridized carbons (Fsp3) is 0.412. The summed E-state index contributed by atoms with van der Waals surface area (Å²) in [5.41, 5.74) is 0.00923. The van der Waals surface area contributed by atoms with Crippen molar-refractivity contribution in [3.8, 4) is 0 Å². The molecule has 128 valence electrons. The zero-order valence-electron chi connectivity index (χ0n) is 13.3. The van der Waals surface area contributed by atoms with Gasteiger partial charge in [0.25, 0.3) is 0 Å². The van der Waals surface area contributed by atoms with Crippen LogP contribution < -0.4 is 5.32 Å². The van der Waals surface area contributed by atoms with Crippen LogP contribution in [0.15, 0.2) is 36.7 Å². The number of nitrogens with zero attached hydrogens (tertiary/aromatic N) is 3. The maximum absolute atomic E-state index is 13.5. The second-order valence-corrected chi connectivity index (χ2v) is 6.12. The maximum atomic E-state index is 13.5. The lowest BCUT2D eigenvalue weighted by molar-refractivity contribution is -0.117. The highest BCUT2D eigenvalue weighted by molar-refractivity contribution is 5.92. The van der Waals surface area contributed by atoms with Crippen molar-refractivity contribution in [2.24, 2.45) is 5.92 Å². The number of benzene rings is 1. The van der Waals surface area contributed by atoms with Gasteiger partial charge in [-0.2, -0.15) is 5.10 Å². The molecule has 1 saturated heterocycles. The highest BCUT2D eigenvalue weighted by Gasteiger charge is 2.21. The highest BCUT2D eigenvalue weighted by Crippen LogP contribution is 2.19. The predicted octanol–water partition coefficient (Wildman–Crippen LogP) is 2.51. The number of aromatic nitrogens is 2. The van der Waals surface area contributed by atoms with Gasteiger partial charge in [0.1, 0.15) is 11.6 Å². The predicted molar refractivity (Wildman–Crippen MR) is 86.4 cm³/mol. The lowest BCUT2D eigenvalue weighted by Gasteiger charge is -2.31. The third kappa shape index (κ3) is 4.38. The molecular formula is C17H20F2N4O. The monoisotopic (exact) mass is 334 g/mol. The average molecular weight is 334 g/mol. The van der Waals surface area contributed by atoms with Crippen LogP contribution in [0, 0.1) is 17.6 Å². The van der Waals surface area contributed by atoms with Gasteiger partial charge >= 0.3 is 0 Å². The molecule has 24 heavy (non-hydrogen) atoms. The van der Waals surface area contributed by atoms with Crippen molar-refractivity contribution in [3.05, 3.63) is 48.3 Å². The van der Waals surface area contributed by atoms with Gasteiger partial charge in [-0.1, -0.05) is 0 Å². The van der Waals surface area contributed by atoms with Gasteiger partial charge in [0.2, 0.25) is 5.91 Å². The molecule has 1 amide bonds. The molecule has 0 bridgehead atoms. The van der Waals surface area contributed by atoms with Crippen molar-refractivity contribution in [2.45, 2.75) is 19.4 Å². The summed E-state index contributed by atoms with van der Waals surface area (Å²) in [7, 11) is 0. The zero-order valence-corrected chi connectivity index (χ0v) is 13.3. The summed E-state index contributed by atoms with van der Waals surface area (Å²) in [6, 6.07) is 5.03. The van der Waals surface area contributed by atoms with Crippen molar-refractivity contribution in [3.63, 3.8) is 0 Å². The topological polar surface area (TPSA) is 50.2 Å². The molecule has 2 aromatic rings. The highest BCUT2D eigenvalue weighted by atomic mass is 19.1. The van der Waals surface area contributed by atoms with Crippen LogP contribution >= 0.6 is 0 Å². The molecule has 2 heterocycles. The van der Waals surface area contributed by atoms with Gasteiger partial charge in [0.05, 0.1) is 12.2 Å². The second-order valence-electron chi connectivity index (χ2n) is 6.12. The summed E-state index contributed by atoms with van der Waals surface area (Å²) in [5, 5.41) is 6.71. The van der Waals surface area contributed by atoms with Gasteiger partial charge < -0.3 is 5.32 Å². The fourth-order valence-corrected chi connectivity index (χ4v) is 2.98. The van der Waals surface area contributed by atoms with E-state index in [1.54, 1.807) is 6.20 Å². The van der Waals surface area contributed by atoms with Crippen molar-refractivity contribution >= 4 is 11.6 Å². The van der Waals surface area contributed by atoms with Gasteiger partial charge in [0.15, 0.2) is 0 Å². The number of hydrogen-bond acceptors (Lipinski definition) is 3. The summed E-state index contributed by atoms with van der Waals surface area (Å²) in [6.45, 7) is 2.76. The molecule has 1 N–H and O–H groups in total. The van der Waals surface area contributed by atoms with E-state index in [1.807, 2.05) is 16.9 Å². The maximum Gasteiger partial charge on any atom is 0.238 e. The first-order chi connectivity index (χ1) is 11.6. The summed E-state index contributed by atoms with van der Waals surface area (Å²) < 4.78 is 28.3. The van der Waals surface area contributed by atoms with E-state index in [1.165, 1.54) is 6.07 Å². The number of carbonyl (C=O) groups is 1. The Morgan fingerprint density at radius 3 is 2.75 bits per heavy atom. The van der Waals surface area contributed by atoms with Crippen LogP contribution in [-0.4, -0.2) is 40.2 Å². The van der Waals surface area contributed by atoms with E-state index in [9.17, 15) is 13.6 Å². The number of likely N-dealkylation sites (tertiary alicyclic amines) is 1. The number of nitrogens with one attached hydrogen (secondary N) is 1. The van der Waals surface area contributed by atoms with Crippen LogP contribution in [0.25, 0.3) is 0 Å². The summed E-state index contributed by atoms with van der Waals surface area (Å²) in [6.07, 6.45) is 5.72. The first-order valence-corrected chi connectivity index (χ1v) is 8.05. The quantitative estimate of drug-likeness (QED) is 0.914.